The summed E-state index contributed by atoms with van der Waals surface area (Å²) in [5.74, 6) is -0.0381. The number of aliphatic hydroxyl groups is 1. The number of pyridine rings is 1. The van der Waals surface area contributed by atoms with E-state index in [0.29, 0.717) is 33.4 Å². The summed E-state index contributed by atoms with van der Waals surface area (Å²) in [5, 5.41) is 18.5. The van der Waals surface area contributed by atoms with Crippen molar-refractivity contribution in [2.24, 2.45) is 10.2 Å². The van der Waals surface area contributed by atoms with Crippen LogP contribution in [0.5, 0.6) is 0 Å². The molecule has 0 radical (unpaired) electrons. The van der Waals surface area contributed by atoms with Gasteiger partial charge in [0.15, 0.2) is 5.82 Å². The van der Waals surface area contributed by atoms with Gasteiger partial charge in [-0.2, -0.15) is 0 Å². The molecule has 25 heavy (non-hydrogen) atoms. The average molecular weight is 359 g/mol. The number of ether oxygens (including phenoxy) is 1. The molecule has 0 aliphatic heterocycles. The van der Waals surface area contributed by atoms with Crippen LogP contribution >= 0.6 is 11.6 Å². The summed E-state index contributed by atoms with van der Waals surface area (Å²) in [6.07, 6.45) is 1.70. The van der Waals surface area contributed by atoms with Gasteiger partial charge in [0.1, 0.15) is 5.65 Å². The van der Waals surface area contributed by atoms with Gasteiger partial charge in [-0.1, -0.05) is 23.7 Å². The van der Waals surface area contributed by atoms with E-state index in [1.165, 1.54) is 7.11 Å². The molecular formula is C17H15ClN4O3. The lowest BCUT2D eigenvalue weighted by Gasteiger charge is -2.00. The standard InChI is InChI=1S/C17H15ClN4O3/c1-25-15(24)9-14-17(21-20-13-6-2-5-12(18)8-13)22-7-3-4-11(10-23)16(22)19-14/h2-8,23H,9-10H2,1H3. The number of halogens is 1. The molecule has 0 bridgehead atoms. The molecular weight excluding hydrogens is 344 g/mol. The van der Waals surface area contributed by atoms with Crippen LogP contribution in [0.4, 0.5) is 11.5 Å². The Hall–Kier alpha value is -2.77. The Bertz CT molecular complexity index is 952. The van der Waals surface area contributed by atoms with Gasteiger partial charge in [-0.05, 0) is 24.3 Å². The summed E-state index contributed by atoms with van der Waals surface area (Å²) in [7, 11) is 1.31. The van der Waals surface area contributed by atoms with Crippen LogP contribution in [0.25, 0.3) is 5.65 Å². The van der Waals surface area contributed by atoms with Crippen LogP contribution < -0.4 is 0 Å². The highest BCUT2D eigenvalue weighted by Gasteiger charge is 2.17. The normalized spacial score (nSPS) is 11.3. The molecule has 3 rings (SSSR count). The third-order valence-electron chi connectivity index (χ3n) is 3.55. The molecule has 0 fully saturated rings. The van der Waals surface area contributed by atoms with Crippen molar-refractivity contribution in [3.8, 4) is 0 Å². The molecule has 0 saturated carbocycles. The minimum atomic E-state index is -0.437. The van der Waals surface area contributed by atoms with E-state index in [9.17, 15) is 9.90 Å². The fourth-order valence-electron chi connectivity index (χ4n) is 2.36. The SMILES string of the molecule is COC(=O)Cc1nc2c(CO)cccn2c1N=Nc1cccc(Cl)c1. The monoisotopic (exact) mass is 358 g/mol. The van der Waals surface area contributed by atoms with E-state index in [4.69, 9.17) is 16.3 Å². The van der Waals surface area contributed by atoms with Crippen molar-refractivity contribution in [2.45, 2.75) is 13.0 Å². The summed E-state index contributed by atoms with van der Waals surface area (Å²) in [6, 6.07) is 10.5. The molecule has 2 heterocycles. The highest BCUT2D eigenvalue weighted by Crippen LogP contribution is 2.27. The number of hydrogen-bond donors (Lipinski definition) is 1. The van der Waals surface area contributed by atoms with Gasteiger partial charge in [0.05, 0.1) is 31.5 Å². The maximum absolute atomic E-state index is 11.7. The maximum atomic E-state index is 11.7. The van der Waals surface area contributed by atoms with Crippen molar-refractivity contribution in [1.29, 1.82) is 0 Å². The summed E-state index contributed by atoms with van der Waals surface area (Å²) >= 11 is 5.95. The third kappa shape index (κ3) is 3.67. The first-order valence-corrected chi connectivity index (χ1v) is 7.84. The molecule has 2 aromatic heterocycles. The van der Waals surface area contributed by atoms with Gasteiger partial charge in [0, 0.05) is 16.8 Å². The molecule has 128 valence electrons. The number of methoxy groups -OCH3 is 1. The molecule has 0 aliphatic rings. The molecule has 3 aromatic rings. The lowest BCUT2D eigenvalue weighted by Crippen LogP contribution is -2.04. The third-order valence-corrected chi connectivity index (χ3v) is 3.79. The van der Waals surface area contributed by atoms with Crippen LogP contribution in [0.15, 0.2) is 52.8 Å². The molecule has 0 unspecified atom stereocenters. The van der Waals surface area contributed by atoms with E-state index in [-0.39, 0.29) is 13.0 Å². The fourth-order valence-corrected chi connectivity index (χ4v) is 2.54. The quantitative estimate of drug-likeness (QED) is 0.557. The Morgan fingerprint density at radius 2 is 2.16 bits per heavy atom. The van der Waals surface area contributed by atoms with Crippen LogP contribution in [0, 0.1) is 0 Å². The first-order chi connectivity index (χ1) is 12.1. The minimum absolute atomic E-state index is 0.0487. The highest BCUT2D eigenvalue weighted by atomic mass is 35.5. The van der Waals surface area contributed by atoms with Crippen LogP contribution in [-0.2, 0) is 22.6 Å². The second kappa shape index (κ2) is 7.42. The molecule has 0 aliphatic carbocycles. The molecule has 8 heteroatoms. The molecule has 0 spiro atoms. The number of rotatable bonds is 5. The zero-order valence-electron chi connectivity index (χ0n) is 13.4. The van der Waals surface area contributed by atoms with E-state index in [2.05, 4.69) is 15.2 Å². The molecule has 1 aromatic carbocycles. The zero-order valence-corrected chi connectivity index (χ0v) is 14.1. The summed E-state index contributed by atoms with van der Waals surface area (Å²) in [5.41, 5.74) is 2.13. The smallest absolute Gasteiger partial charge is 0.311 e. The van der Waals surface area contributed by atoms with Crippen LogP contribution in [0.1, 0.15) is 11.3 Å². The van der Waals surface area contributed by atoms with Crippen LogP contribution in [0.2, 0.25) is 5.02 Å². The second-order valence-electron chi connectivity index (χ2n) is 5.20. The van der Waals surface area contributed by atoms with E-state index < -0.39 is 5.97 Å². The molecule has 1 N–H and O–H groups in total. The van der Waals surface area contributed by atoms with Crippen molar-refractivity contribution in [3.63, 3.8) is 0 Å². The topological polar surface area (TPSA) is 88.5 Å². The molecule has 0 atom stereocenters. The first kappa shape index (κ1) is 17.1. The Balaban J connectivity index is 2.10. The van der Waals surface area contributed by atoms with Crippen molar-refractivity contribution in [1.82, 2.24) is 9.38 Å². The van der Waals surface area contributed by atoms with Gasteiger partial charge in [0.25, 0.3) is 0 Å². The van der Waals surface area contributed by atoms with Gasteiger partial charge in [-0.15, -0.1) is 10.2 Å². The fraction of sp³-hybridized carbons (Fsp3) is 0.176. The number of fused-ring (bicyclic) bond motifs is 1. The maximum Gasteiger partial charge on any atom is 0.311 e. The average Bonchev–Trinajstić information content (AvgIpc) is 2.97. The van der Waals surface area contributed by atoms with E-state index in [1.807, 2.05) is 0 Å². The second-order valence-corrected chi connectivity index (χ2v) is 5.64. The lowest BCUT2D eigenvalue weighted by atomic mass is 10.3. The summed E-state index contributed by atoms with van der Waals surface area (Å²) in [4.78, 5) is 16.1. The van der Waals surface area contributed by atoms with E-state index in [0.717, 1.165) is 0 Å². The van der Waals surface area contributed by atoms with Gasteiger partial charge < -0.3 is 9.84 Å². The minimum Gasteiger partial charge on any atom is -0.469 e. The van der Waals surface area contributed by atoms with Crippen molar-refractivity contribution in [2.75, 3.05) is 7.11 Å². The number of nitrogens with zero attached hydrogens (tertiary/aromatic N) is 4. The van der Waals surface area contributed by atoms with Crippen LogP contribution in [-0.4, -0.2) is 27.6 Å². The first-order valence-electron chi connectivity index (χ1n) is 7.46. The van der Waals surface area contributed by atoms with E-state index in [1.54, 1.807) is 47.0 Å². The number of aromatic nitrogens is 2. The number of carbonyl (C=O) groups is 1. The van der Waals surface area contributed by atoms with Crippen LogP contribution in [0.3, 0.4) is 0 Å². The Labute approximate surface area is 148 Å². The van der Waals surface area contributed by atoms with E-state index >= 15 is 0 Å². The predicted octanol–water partition coefficient (Wildman–Crippen LogP) is 3.61. The number of carbonyl (C=O) groups excluding carboxylic acids is 1. The number of benzene rings is 1. The van der Waals surface area contributed by atoms with Crippen molar-refractivity contribution < 1.29 is 14.6 Å². The summed E-state index contributed by atoms with van der Waals surface area (Å²) in [6.45, 7) is -0.177. The lowest BCUT2D eigenvalue weighted by molar-refractivity contribution is -0.139. The number of azo groups is 1. The number of aliphatic hydroxyl groups excluding tert-OH is 1. The Morgan fingerprint density at radius 1 is 1.32 bits per heavy atom. The summed E-state index contributed by atoms with van der Waals surface area (Å²) < 4.78 is 6.39. The molecule has 7 nitrogen and oxygen atoms in total. The number of hydrogen-bond acceptors (Lipinski definition) is 6. The number of imidazole rings is 1. The largest absolute Gasteiger partial charge is 0.469 e. The predicted molar refractivity (Wildman–Crippen MR) is 92.5 cm³/mol. The van der Waals surface area contributed by atoms with Gasteiger partial charge in [-0.25, -0.2) is 4.98 Å². The van der Waals surface area contributed by atoms with Crippen molar-refractivity contribution in [3.05, 3.63) is 58.9 Å². The molecule has 0 amide bonds. The zero-order chi connectivity index (χ0) is 17.8. The Kier molecular flexibility index (Phi) is 5.06. The molecule has 0 saturated heterocycles. The van der Waals surface area contributed by atoms with Crippen molar-refractivity contribution >= 4 is 34.7 Å². The van der Waals surface area contributed by atoms with Gasteiger partial charge >= 0.3 is 5.97 Å². The van der Waals surface area contributed by atoms with Gasteiger partial charge in [-0.3, -0.25) is 9.20 Å². The number of esters is 1. The highest BCUT2D eigenvalue weighted by molar-refractivity contribution is 6.30. The Morgan fingerprint density at radius 3 is 2.88 bits per heavy atom. The van der Waals surface area contributed by atoms with Gasteiger partial charge in [0.2, 0.25) is 0 Å².